The van der Waals surface area contributed by atoms with Crippen LogP contribution in [0.4, 0.5) is 0 Å². The number of nitrogens with zero attached hydrogens (tertiary/aromatic N) is 1. The number of hydrogen-bond donors (Lipinski definition) is 1. The largest absolute Gasteiger partial charge is 0.351 e. The third kappa shape index (κ3) is 3.53. The lowest BCUT2D eigenvalue weighted by molar-refractivity contribution is -0.143. The average molecular weight is 403 g/mol. The molecule has 4 heteroatoms. The van der Waals surface area contributed by atoms with Crippen LogP contribution in [0.15, 0.2) is 54.6 Å². The fraction of sp³-hybridized carbons (Fsp3) is 0.462. The minimum Gasteiger partial charge on any atom is -0.351 e. The van der Waals surface area contributed by atoms with Crippen molar-refractivity contribution in [2.75, 3.05) is 13.1 Å². The van der Waals surface area contributed by atoms with E-state index >= 15 is 0 Å². The number of hydrogen-bond acceptors (Lipinski definition) is 2. The predicted molar refractivity (Wildman–Crippen MR) is 118 cm³/mol. The lowest BCUT2D eigenvalue weighted by Crippen LogP contribution is -2.57. The molecule has 2 aliphatic heterocycles. The van der Waals surface area contributed by atoms with Crippen LogP contribution in [-0.2, 0) is 9.59 Å². The Morgan fingerprint density at radius 3 is 2.53 bits per heavy atom. The molecule has 30 heavy (non-hydrogen) atoms. The molecule has 4 nitrogen and oxygen atoms in total. The Hall–Kier alpha value is -2.62. The molecular weight excluding hydrogens is 372 g/mol. The second kappa shape index (κ2) is 7.57. The van der Waals surface area contributed by atoms with Crippen molar-refractivity contribution in [2.45, 2.75) is 50.5 Å². The van der Waals surface area contributed by atoms with Gasteiger partial charge in [0.1, 0.15) is 0 Å². The van der Waals surface area contributed by atoms with Crippen LogP contribution < -0.4 is 5.32 Å². The van der Waals surface area contributed by atoms with Gasteiger partial charge in [0.05, 0.1) is 0 Å². The highest BCUT2D eigenvalue weighted by Gasteiger charge is 2.52. The number of rotatable bonds is 3. The Bertz CT molecular complexity index is 949. The molecule has 2 atom stereocenters. The molecule has 5 rings (SSSR count). The minimum atomic E-state index is -0.0702. The fourth-order valence-corrected chi connectivity index (χ4v) is 5.82. The van der Waals surface area contributed by atoms with Gasteiger partial charge in [-0.05, 0) is 54.2 Å². The summed E-state index contributed by atoms with van der Waals surface area (Å²) in [5.41, 5.74) is 3.82. The maximum atomic E-state index is 13.0. The maximum Gasteiger partial charge on any atom is 0.225 e. The first-order valence-corrected chi connectivity index (χ1v) is 11.3. The zero-order chi connectivity index (χ0) is 20.7. The van der Waals surface area contributed by atoms with Gasteiger partial charge in [-0.15, -0.1) is 0 Å². The van der Waals surface area contributed by atoms with E-state index in [4.69, 9.17) is 0 Å². The van der Waals surface area contributed by atoms with Crippen molar-refractivity contribution >= 4 is 11.8 Å². The molecule has 0 radical (unpaired) electrons. The molecule has 156 valence electrons. The third-order valence-electron chi connectivity index (χ3n) is 7.50. The second-order valence-corrected chi connectivity index (χ2v) is 9.58. The summed E-state index contributed by atoms with van der Waals surface area (Å²) in [7, 11) is 0. The summed E-state index contributed by atoms with van der Waals surface area (Å²) in [6.07, 6.45) is 4.17. The van der Waals surface area contributed by atoms with E-state index < -0.39 is 0 Å². The Labute approximate surface area is 178 Å². The van der Waals surface area contributed by atoms with Crippen LogP contribution >= 0.6 is 0 Å². The van der Waals surface area contributed by atoms with Crippen LogP contribution in [0, 0.1) is 11.8 Å². The molecule has 2 heterocycles. The van der Waals surface area contributed by atoms with Gasteiger partial charge in [-0.1, -0.05) is 61.5 Å². The van der Waals surface area contributed by atoms with E-state index in [9.17, 15) is 9.59 Å². The lowest BCUT2D eigenvalue weighted by Gasteiger charge is -2.47. The van der Waals surface area contributed by atoms with E-state index in [1.54, 1.807) is 0 Å². The highest BCUT2D eigenvalue weighted by Crippen LogP contribution is 2.45. The normalized spacial score (nSPS) is 30.8. The molecule has 1 N–H and O–H groups in total. The van der Waals surface area contributed by atoms with Gasteiger partial charge in [0.15, 0.2) is 0 Å². The molecule has 2 amide bonds. The maximum absolute atomic E-state index is 13.0. The number of benzene rings is 2. The van der Waals surface area contributed by atoms with Gasteiger partial charge in [0.2, 0.25) is 11.8 Å². The molecular formula is C26H30N2O2. The first kappa shape index (κ1) is 19.3. The van der Waals surface area contributed by atoms with Crippen molar-refractivity contribution in [3.8, 4) is 11.1 Å². The summed E-state index contributed by atoms with van der Waals surface area (Å²) >= 11 is 0. The first-order valence-electron chi connectivity index (χ1n) is 11.3. The number of carbonyl (C=O) groups excluding carboxylic acids is 2. The van der Waals surface area contributed by atoms with Gasteiger partial charge in [-0.3, -0.25) is 9.59 Å². The average Bonchev–Trinajstić information content (AvgIpc) is 3.15. The highest BCUT2D eigenvalue weighted by molar-refractivity contribution is 5.83. The van der Waals surface area contributed by atoms with Gasteiger partial charge in [-0.25, -0.2) is 0 Å². The molecule has 3 aliphatic rings. The van der Waals surface area contributed by atoms with Crippen molar-refractivity contribution < 1.29 is 9.59 Å². The zero-order valence-corrected chi connectivity index (χ0v) is 17.6. The molecule has 0 bridgehead atoms. The Kier molecular flexibility index (Phi) is 4.88. The van der Waals surface area contributed by atoms with Crippen molar-refractivity contribution in [2.24, 2.45) is 11.8 Å². The summed E-state index contributed by atoms with van der Waals surface area (Å²) in [5.74, 6) is 1.46. The van der Waals surface area contributed by atoms with E-state index in [0.717, 1.165) is 38.8 Å². The van der Waals surface area contributed by atoms with E-state index in [0.29, 0.717) is 24.2 Å². The van der Waals surface area contributed by atoms with Gasteiger partial charge in [-0.2, -0.15) is 0 Å². The van der Waals surface area contributed by atoms with Crippen LogP contribution in [-0.4, -0.2) is 35.3 Å². The summed E-state index contributed by atoms with van der Waals surface area (Å²) in [6.45, 7) is 3.94. The van der Waals surface area contributed by atoms with Crippen LogP contribution in [0.1, 0.15) is 50.5 Å². The molecule has 3 fully saturated rings. The summed E-state index contributed by atoms with van der Waals surface area (Å²) in [4.78, 5) is 26.7. The number of likely N-dealkylation sites (tertiary alicyclic amines) is 1. The molecule has 1 aliphatic carbocycles. The topological polar surface area (TPSA) is 49.4 Å². The zero-order valence-electron chi connectivity index (χ0n) is 17.6. The quantitative estimate of drug-likeness (QED) is 0.829. The molecule has 0 aromatic heterocycles. The van der Waals surface area contributed by atoms with Gasteiger partial charge < -0.3 is 10.2 Å². The Morgan fingerprint density at radius 1 is 1.07 bits per heavy atom. The minimum absolute atomic E-state index is 0.0702. The smallest absolute Gasteiger partial charge is 0.225 e. The predicted octanol–water partition coefficient (Wildman–Crippen LogP) is 4.36. The summed E-state index contributed by atoms with van der Waals surface area (Å²) in [5, 5.41) is 3.10. The van der Waals surface area contributed by atoms with Crippen molar-refractivity contribution in [3.05, 3.63) is 60.2 Å². The molecule has 2 aromatic rings. The number of amides is 2. The van der Waals surface area contributed by atoms with Crippen LogP contribution in [0.25, 0.3) is 11.1 Å². The summed E-state index contributed by atoms with van der Waals surface area (Å²) < 4.78 is 0. The van der Waals surface area contributed by atoms with Crippen molar-refractivity contribution in [1.29, 1.82) is 0 Å². The van der Waals surface area contributed by atoms with E-state index in [2.05, 4.69) is 65.7 Å². The van der Waals surface area contributed by atoms with Crippen LogP contribution in [0.5, 0.6) is 0 Å². The fourth-order valence-electron chi connectivity index (χ4n) is 5.82. The van der Waals surface area contributed by atoms with E-state index in [1.807, 2.05) is 6.07 Å². The number of nitrogens with one attached hydrogen (secondary N) is 1. The van der Waals surface area contributed by atoms with Crippen molar-refractivity contribution in [3.63, 3.8) is 0 Å². The Morgan fingerprint density at radius 2 is 1.83 bits per heavy atom. The standard InChI is InChI=1S/C26H30N2O2/c1-18-17-28(25(30)22-15-26(16-22)12-10-24(29)27-26)13-11-23(18)21-9-5-8-20(14-21)19-6-3-2-4-7-19/h2-9,14,18,22-23H,10-13,15-17H2,1H3,(H,27,29)/t18-,22?,23+,26?/m0/s1. The Balaban J connectivity index is 1.22. The van der Waals surface area contributed by atoms with Gasteiger partial charge in [0.25, 0.3) is 0 Å². The molecule has 1 saturated carbocycles. The lowest BCUT2D eigenvalue weighted by atomic mass is 9.66. The van der Waals surface area contributed by atoms with Gasteiger partial charge >= 0.3 is 0 Å². The molecule has 0 unspecified atom stereocenters. The van der Waals surface area contributed by atoms with Gasteiger partial charge in [0, 0.05) is 31.0 Å². The monoisotopic (exact) mass is 402 g/mol. The van der Waals surface area contributed by atoms with Crippen LogP contribution in [0.3, 0.4) is 0 Å². The SMILES string of the molecule is C[C@H]1CN(C(=O)C2CC3(CCC(=O)N3)C2)CC[C@H]1c1cccc(-c2ccccc2)c1. The summed E-state index contributed by atoms with van der Waals surface area (Å²) in [6, 6.07) is 19.4. The van der Waals surface area contributed by atoms with E-state index in [1.165, 1.54) is 16.7 Å². The van der Waals surface area contributed by atoms with Crippen molar-refractivity contribution in [1.82, 2.24) is 10.2 Å². The molecule has 2 aromatic carbocycles. The molecule has 1 spiro atoms. The second-order valence-electron chi connectivity index (χ2n) is 9.58. The third-order valence-corrected chi connectivity index (χ3v) is 7.50. The molecule has 2 saturated heterocycles. The number of carbonyl (C=O) groups is 2. The first-order chi connectivity index (χ1) is 14.5. The van der Waals surface area contributed by atoms with E-state index in [-0.39, 0.29) is 17.4 Å². The number of piperidine rings is 1. The van der Waals surface area contributed by atoms with Crippen LogP contribution in [0.2, 0.25) is 0 Å². The highest BCUT2D eigenvalue weighted by atomic mass is 16.2.